The van der Waals surface area contributed by atoms with E-state index in [4.69, 9.17) is 0 Å². The fourth-order valence-corrected chi connectivity index (χ4v) is 5.55. The summed E-state index contributed by atoms with van der Waals surface area (Å²) in [6, 6.07) is 21.4. The van der Waals surface area contributed by atoms with Gasteiger partial charge in [-0.25, -0.2) is 13.1 Å². The Morgan fingerprint density at radius 2 is 1.56 bits per heavy atom. The number of fused-ring (bicyclic) bond motifs is 1. The van der Waals surface area contributed by atoms with Crippen LogP contribution >= 0.6 is 0 Å². The fourth-order valence-electron chi connectivity index (χ4n) is 4.28. The van der Waals surface area contributed by atoms with Crippen molar-refractivity contribution >= 4 is 26.5 Å². The highest BCUT2D eigenvalue weighted by molar-refractivity contribution is 7.89. The van der Waals surface area contributed by atoms with Crippen molar-refractivity contribution in [2.24, 2.45) is 0 Å². The Hall–Kier alpha value is -2.45. The van der Waals surface area contributed by atoms with Crippen molar-refractivity contribution in [1.82, 2.24) is 14.5 Å². The molecular formula is C25H32N4O2S. The first-order chi connectivity index (χ1) is 15.3. The zero-order valence-electron chi connectivity index (χ0n) is 19.0. The molecular weight excluding hydrogens is 420 g/mol. The number of anilines is 1. The lowest BCUT2D eigenvalue weighted by Crippen LogP contribution is -2.48. The SMILES string of the molecule is CN1CCN(C(CNS(=O)(=O)c2cccc3ccccc23)c2ccc(N(C)C)cc2)CC1. The fraction of sp³-hybridized carbons (Fsp3) is 0.360. The van der Waals surface area contributed by atoms with Crippen LogP contribution in [0.2, 0.25) is 0 Å². The van der Waals surface area contributed by atoms with E-state index in [1.54, 1.807) is 12.1 Å². The van der Waals surface area contributed by atoms with Crippen LogP contribution < -0.4 is 9.62 Å². The Morgan fingerprint density at radius 1 is 0.906 bits per heavy atom. The number of piperazine rings is 1. The van der Waals surface area contributed by atoms with E-state index in [1.165, 1.54) is 0 Å². The van der Waals surface area contributed by atoms with Crippen LogP contribution in [0.15, 0.2) is 71.6 Å². The van der Waals surface area contributed by atoms with E-state index in [-0.39, 0.29) is 6.04 Å². The maximum atomic E-state index is 13.3. The molecule has 0 amide bonds. The Morgan fingerprint density at radius 3 is 2.25 bits per heavy atom. The maximum absolute atomic E-state index is 13.3. The third-order valence-electron chi connectivity index (χ3n) is 6.28. The van der Waals surface area contributed by atoms with Crippen molar-refractivity contribution < 1.29 is 8.42 Å². The summed E-state index contributed by atoms with van der Waals surface area (Å²) < 4.78 is 29.5. The van der Waals surface area contributed by atoms with Gasteiger partial charge in [-0.2, -0.15) is 0 Å². The van der Waals surface area contributed by atoms with Gasteiger partial charge in [-0.1, -0.05) is 48.5 Å². The molecule has 0 radical (unpaired) electrons. The summed E-state index contributed by atoms with van der Waals surface area (Å²) in [5.41, 5.74) is 2.25. The first kappa shape index (κ1) is 22.7. The minimum atomic E-state index is -3.66. The summed E-state index contributed by atoms with van der Waals surface area (Å²) in [6.07, 6.45) is 0. The Kier molecular flexibility index (Phi) is 6.81. The molecule has 4 rings (SSSR count). The van der Waals surface area contributed by atoms with Crippen LogP contribution in [0.4, 0.5) is 5.69 Å². The van der Waals surface area contributed by atoms with Crippen molar-refractivity contribution in [3.63, 3.8) is 0 Å². The second-order valence-electron chi connectivity index (χ2n) is 8.67. The van der Waals surface area contributed by atoms with Gasteiger partial charge in [0.05, 0.1) is 4.90 Å². The molecule has 0 aromatic heterocycles. The van der Waals surface area contributed by atoms with Gasteiger partial charge in [0, 0.05) is 63.9 Å². The van der Waals surface area contributed by atoms with Gasteiger partial charge in [0.1, 0.15) is 0 Å². The smallest absolute Gasteiger partial charge is 0.241 e. The number of nitrogens with zero attached hydrogens (tertiary/aromatic N) is 3. The van der Waals surface area contributed by atoms with Gasteiger partial charge in [-0.05, 0) is 36.2 Å². The van der Waals surface area contributed by atoms with Crippen LogP contribution in [0.1, 0.15) is 11.6 Å². The molecule has 1 unspecified atom stereocenters. The lowest BCUT2D eigenvalue weighted by Gasteiger charge is -2.38. The minimum absolute atomic E-state index is 0.0235. The van der Waals surface area contributed by atoms with Gasteiger partial charge >= 0.3 is 0 Å². The largest absolute Gasteiger partial charge is 0.378 e. The molecule has 1 aliphatic rings. The van der Waals surface area contributed by atoms with Crippen molar-refractivity contribution in [2.75, 3.05) is 58.8 Å². The third-order valence-corrected chi connectivity index (χ3v) is 7.76. The Balaban J connectivity index is 1.60. The molecule has 1 heterocycles. The number of rotatable bonds is 7. The molecule has 3 aromatic carbocycles. The van der Waals surface area contributed by atoms with Crippen LogP contribution in [0, 0.1) is 0 Å². The normalized spacial score (nSPS) is 16.8. The summed E-state index contributed by atoms with van der Waals surface area (Å²) in [7, 11) is 2.51. The number of hydrogen-bond acceptors (Lipinski definition) is 5. The molecule has 1 saturated heterocycles. The maximum Gasteiger partial charge on any atom is 0.241 e. The zero-order valence-corrected chi connectivity index (χ0v) is 19.8. The van der Waals surface area contributed by atoms with E-state index < -0.39 is 10.0 Å². The number of nitrogens with one attached hydrogen (secondary N) is 1. The monoisotopic (exact) mass is 452 g/mol. The summed E-state index contributed by atoms with van der Waals surface area (Å²) in [4.78, 5) is 7.09. The summed E-state index contributed by atoms with van der Waals surface area (Å²) in [5.74, 6) is 0. The van der Waals surface area contributed by atoms with Gasteiger partial charge in [0.15, 0.2) is 0 Å². The topological polar surface area (TPSA) is 55.9 Å². The number of likely N-dealkylation sites (N-methyl/N-ethyl adjacent to an activating group) is 1. The molecule has 32 heavy (non-hydrogen) atoms. The van der Waals surface area contributed by atoms with Crippen molar-refractivity contribution in [3.8, 4) is 0 Å². The van der Waals surface area contributed by atoms with E-state index in [1.807, 2.05) is 44.4 Å². The molecule has 0 saturated carbocycles. The van der Waals surface area contributed by atoms with Crippen LogP contribution in [-0.4, -0.2) is 72.1 Å². The van der Waals surface area contributed by atoms with Crippen molar-refractivity contribution in [3.05, 3.63) is 72.3 Å². The van der Waals surface area contributed by atoms with E-state index in [9.17, 15) is 8.42 Å². The van der Waals surface area contributed by atoms with Gasteiger partial charge in [0.25, 0.3) is 0 Å². The molecule has 0 bridgehead atoms. The summed E-state index contributed by atoms with van der Waals surface area (Å²) in [5, 5.41) is 1.67. The molecule has 1 N–H and O–H groups in total. The molecule has 1 atom stereocenters. The zero-order chi connectivity index (χ0) is 22.7. The third kappa shape index (κ3) is 4.96. The first-order valence-corrected chi connectivity index (χ1v) is 12.5. The van der Waals surface area contributed by atoms with Crippen LogP contribution in [0.5, 0.6) is 0 Å². The lowest BCUT2D eigenvalue weighted by atomic mass is 10.0. The summed E-state index contributed by atoms with van der Waals surface area (Å²) >= 11 is 0. The van der Waals surface area contributed by atoms with Crippen LogP contribution in [0.25, 0.3) is 10.8 Å². The molecule has 1 aliphatic heterocycles. The quantitative estimate of drug-likeness (QED) is 0.597. The molecule has 0 aliphatic carbocycles. The van der Waals surface area contributed by atoms with Gasteiger partial charge in [0.2, 0.25) is 10.0 Å². The molecule has 3 aromatic rings. The van der Waals surface area contributed by atoms with Crippen molar-refractivity contribution in [1.29, 1.82) is 0 Å². The second-order valence-corrected chi connectivity index (χ2v) is 10.4. The van der Waals surface area contributed by atoms with E-state index in [0.29, 0.717) is 11.4 Å². The number of sulfonamides is 1. The average molecular weight is 453 g/mol. The second kappa shape index (κ2) is 9.58. The molecule has 7 heteroatoms. The molecule has 0 spiro atoms. The number of hydrogen-bond donors (Lipinski definition) is 1. The molecule has 1 fully saturated rings. The Bertz CT molecular complexity index is 1150. The number of benzene rings is 3. The minimum Gasteiger partial charge on any atom is -0.378 e. The van der Waals surface area contributed by atoms with Gasteiger partial charge in [-0.15, -0.1) is 0 Å². The highest BCUT2D eigenvalue weighted by atomic mass is 32.2. The lowest BCUT2D eigenvalue weighted by molar-refractivity contribution is 0.113. The Labute approximate surface area is 191 Å². The molecule has 6 nitrogen and oxygen atoms in total. The van der Waals surface area contributed by atoms with Gasteiger partial charge in [-0.3, -0.25) is 4.90 Å². The molecule has 170 valence electrons. The highest BCUT2D eigenvalue weighted by Crippen LogP contribution is 2.26. The van der Waals surface area contributed by atoms with Crippen LogP contribution in [-0.2, 0) is 10.0 Å². The van der Waals surface area contributed by atoms with Crippen LogP contribution in [0.3, 0.4) is 0 Å². The summed E-state index contributed by atoms with van der Waals surface area (Å²) in [6.45, 7) is 4.10. The van der Waals surface area contributed by atoms with E-state index >= 15 is 0 Å². The average Bonchev–Trinajstić information content (AvgIpc) is 2.80. The predicted molar refractivity (Wildman–Crippen MR) is 132 cm³/mol. The van der Waals surface area contributed by atoms with Gasteiger partial charge < -0.3 is 9.80 Å². The highest BCUT2D eigenvalue weighted by Gasteiger charge is 2.26. The van der Waals surface area contributed by atoms with E-state index in [2.05, 4.69) is 50.7 Å². The first-order valence-electron chi connectivity index (χ1n) is 11.0. The standard InChI is InChI=1S/C25H32N4O2S/c1-27(2)22-13-11-21(12-14-22)24(29-17-15-28(3)16-18-29)19-26-32(30,31)25-10-6-8-20-7-4-5-9-23(20)25/h4-14,24,26H,15-19H2,1-3H3. The van der Waals surface area contributed by atoms with Crippen molar-refractivity contribution in [2.45, 2.75) is 10.9 Å². The van der Waals surface area contributed by atoms with E-state index in [0.717, 1.165) is 48.2 Å². The predicted octanol–water partition coefficient (Wildman–Crippen LogP) is 3.17.